The standard InChI is InChI=1S/C17H27N3OS/c1-2-18-17(20-15-9-6-10-22-13-15)19-12-16(21)11-14-7-4-3-5-8-14/h3-5,7-8,15-16,21H,2,6,9-13H2,1H3,(H2,18,19,20). The Labute approximate surface area is 137 Å². The van der Waals surface area contributed by atoms with Crippen LogP contribution in [0.1, 0.15) is 25.3 Å². The number of aliphatic hydroxyl groups excluding tert-OH is 1. The van der Waals surface area contributed by atoms with Crippen LogP contribution in [0.2, 0.25) is 0 Å². The molecule has 0 radical (unpaired) electrons. The molecule has 1 aliphatic rings. The van der Waals surface area contributed by atoms with E-state index in [9.17, 15) is 5.11 Å². The van der Waals surface area contributed by atoms with Crippen molar-refractivity contribution < 1.29 is 5.11 Å². The predicted molar refractivity (Wildman–Crippen MR) is 95.6 cm³/mol. The first-order valence-electron chi connectivity index (χ1n) is 8.12. The smallest absolute Gasteiger partial charge is 0.191 e. The summed E-state index contributed by atoms with van der Waals surface area (Å²) in [6.45, 7) is 3.32. The maximum absolute atomic E-state index is 10.2. The second-order valence-electron chi connectivity index (χ2n) is 5.62. The van der Waals surface area contributed by atoms with Crippen LogP contribution in [-0.2, 0) is 6.42 Å². The Balaban J connectivity index is 1.83. The molecule has 1 aromatic carbocycles. The number of aliphatic hydroxyl groups is 1. The van der Waals surface area contributed by atoms with E-state index in [0.29, 0.717) is 19.0 Å². The molecule has 22 heavy (non-hydrogen) atoms. The van der Waals surface area contributed by atoms with Gasteiger partial charge in [0.05, 0.1) is 12.6 Å². The number of hydrogen-bond donors (Lipinski definition) is 3. The molecule has 1 aliphatic heterocycles. The van der Waals surface area contributed by atoms with Gasteiger partial charge in [0.1, 0.15) is 0 Å². The molecule has 0 aromatic heterocycles. The Hall–Kier alpha value is -1.20. The number of aliphatic imine (C=N–C) groups is 1. The molecule has 1 fully saturated rings. The monoisotopic (exact) mass is 321 g/mol. The zero-order valence-electron chi connectivity index (χ0n) is 13.3. The molecule has 0 amide bonds. The molecule has 2 atom stereocenters. The number of guanidine groups is 1. The SMILES string of the molecule is CCNC(=NCC(O)Cc1ccccc1)NC1CCCSC1. The van der Waals surface area contributed by atoms with Crippen molar-refractivity contribution in [2.24, 2.45) is 4.99 Å². The fourth-order valence-corrected chi connectivity index (χ4v) is 3.59. The van der Waals surface area contributed by atoms with Gasteiger partial charge in [-0.2, -0.15) is 11.8 Å². The molecule has 122 valence electrons. The van der Waals surface area contributed by atoms with E-state index < -0.39 is 6.10 Å². The summed E-state index contributed by atoms with van der Waals surface area (Å²) >= 11 is 1.99. The molecule has 2 unspecified atom stereocenters. The summed E-state index contributed by atoms with van der Waals surface area (Å²) in [5, 5.41) is 16.9. The van der Waals surface area contributed by atoms with Gasteiger partial charge in [0.2, 0.25) is 0 Å². The quantitative estimate of drug-likeness (QED) is 0.554. The summed E-state index contributed by atoms with van der Waals surface area (Å²) < 4.78 is 0. The van der Waals surface area contributed by atoms with Crippen LogP contribution in [0.4, 0.5) is 0 Å². The Morgan fingerprint density at radius 2 is 2.23 bits per heavy atom. The second-order valence-corrected chi connectivity index (χ2v) is 6.77. The van der Waals surface area contributed by atoms with Crippen LogP contribution >= 0.6 is 11.8 Å². The van der Waals surface area contributed by atoms with E-state index in [1.165, 1.54) is 18.6 Å². The van der Waals surface area contributed by atoms with Crippen molar-refractivity contribution in [3.8, 4) is 0 Å². The Kier molecular flexibility index (Phi) is 7.60. The normalized spacial score (nSPS) is 20.5. The van der Waals surface area contributed by atoms with Gasteiger partial charge in [-0.3, -0.25) is 4.99 Å². The number of benzene rings is 1. The highest BCUT2D eigenvalue weighted by molar-refractivity contribution is 7.99. The van der Waals surface area contributed by atoms with Gasteiger partial charge >= 0.3 is 0 Å². The topological polar surface area (TPSA) is 56.7 Å². The summed E-state index contributed by atoms with van der Waals surface area (Å²) in [4.78, 5) is 4.54. The molecule has 3 N–H and O–H groups in total. The van der Waals surface area contributed by atoms with E-state index in [-0.39, 0.29) is 0 Å². The number of nitrogens with one attached hydrogen (secondary N) is 2. The van der Waals surface area contributed by atoms with Crippen molar-refractivity contribution in [3.05, 3.63) is 35.9 Å². The van der Waals surface area contributed by atoms with E-state index in [0.717, 1.165) is 23.8 Å². The lowest BCUT2D eigenvalue weighted by atomic mass is 10.1. The van der Waals surface area contributed by atoms with Crippen molar-refractivity contribution in [1.29, 1.82) is 0 Å². The molecule has 4 nitrogen and oxygen atoms in total. The van der Waals surface area contributed by atoms with E-state index in [1.54, 1.807) is 0 Å². The molecule has 2 rings (SSSR count). The third kappa shape index (κ3) is 6.28. The largest absolute Gasteiger partial charge is 0.391 e. The lowest BCUT2D eigenvalue weighted by Gasteiger charge is -2.24. The minimum Gasteiger partial charge on any atom is -0.391 e. The molecule has 1 heterocycles. The molecular formula is C17H27N3OS. The van der Waals surface area contributed by atoms with Crippen molar-refractivity contribution in [2.45, 2.75) is 38.3 Å². The van der Waals surface area contributed by atoms with Crippen LogP contribution in [-0.4, -0.2) is 47.8 Å². The molecule has 0 bridgehead atoms. The molecule has 1 aromatic rings. The lowest BCUT2D eigenvalue weighted by molar-refractivity contribution is 0.183. The van der Waals surface area contributed by atoms with Crippen LogP contribution in [0.3, 0.4) is 0 Å². The Morgan fingerprint density at radius 1 is 1.41 bits per heavy atom. The van der Waals surface area contributed by atoms with Gasteiger partial charge in [0.15, 0.2) is 5.96 Å². The molecule has 5 heteroatoms. The van der Waals surface area contributed by atoms with Crippen molar-refractivity contribution in [3.63, 3.8) is 0 Å². The van der Waals surface area contributed by atoms with Gasteiger partial charge in [-0.15, -0.1) is 0 Å². The minimum atomic E-state index is -0.446. The average molecular weight is 321 g/mol. The van der Waals surface area contributed by atoms with E-state index >= 15 is 0 Å². The van der Waals surface area contributed by atoms with Gasteiger partial charge in [0, 0.05) is 24.8 Å². The number of rotatable bonds is 6. The average Bonchev–Trinajstić information content (AvgIpc) is 2.55. The van der Waals surface area contributed by atoms with Gasteiger partial charge < -0.3 is 15.7 Å². The fraction of sp³-hybridized carbons (Fsp3) is 0.588. The van der Waals surface area contributed by atoms with Gasteiger partial charge in [-0.25, -0.2) is 0 Å². The third-order valence-corrected chi connectivity index (χ3v) is 4.84. The van der Waals surface area contributed by atoms with Crippen LogP contribution in [0.5, 0.6) is 0 Å². The Bertz CT molecular complexity index is 446. The van der Waals surface area contributed by atoms with Crippen LogP contribution in [0.25, 0.3) is 0 Å². The maximum atomic E-state index is 10.2. The number of thioether (sulfide) groups is 1. The summed E-state index contributed by atoms with van der Waals surface area (Å²) in [6.07, 6.45) is 2.66. The highest BCUT2D eigenvalue weighted by Crippen LogP contribution is 2.16. The number of hydrogen-bond acceptors (Lipinski definition) is 3. The lowest BCUT2D eigenvalue weighted by Crippen LogP contribution is -2.45. The van der Waals surface area contributed by atoms with Gasteiger partial charge in [0.25, 0.3) is 0 Å². The predicted octanol–water partition coefficient (Wildman–Crippen LogP) is 2.04. The highest BCUT2D eigenvalue weighted by atomic mass is 32.2. The zero-order chi connectivity index (χ0) is 15.6. The molecule has 0 aliphatic carbocycles. The van der Waals surface area contributed by atoms with Crippen molar-refractivity contribution in [2.75, 3.05) is 24.6 Å². The fourth-order valence-electron chi connectivity index (χ4n) is 2.52. The van der Waals surface area contributed by atoms with Crippen LogP contribution in [0.15, 0.2) is 35.3 Å². The van der Waals surface area contributed by atoms with E-state index in [1.807, 2.05) is 42.1 Å². The zero-order valence-corrected chi connectivity index (χ0v) is 14.1. The minimum absolute atomic E-state index is 0.421. The Morgan fingerprint density at radius 3 is 2.91 bits per heavy atom. The van der Waals surface area contributed by atoms with Gasteiger partial charge in [-0.1, -0.05) is 30.3 Å². The summed E-state index contributed by atoms with van der Waals surface area (Å²) in [6, 6.07) is 10.5. The molecule has 0 spiro atoms. The van der Waals surface area contributed by atoms with Crippen molar-refractivity contribution in [1.82, 2.24) is 10.6 Å². The first kappa shape index (κ1) is 17.2. The number of nitrogens with zero attached hydrogens (tertiary/aromatic N) is 1. The first-order chi connectivity index (χ1) is 10.8. The van der Waals surface area contributed by atoms with Gasteiger partial charge in [-0.05, 0) is 31.1 Å². The van der Waals surface area contributed by atoms with Crippen LogP contribution < -0.4 is 10.6 Å². The maximum Gasteiger partial charge on any atom is 0.191 e. The van der Waals surface area contributed by atoms with Crippen LogP contribution in [0, 0.1) is 0 Å². The summed E-state index contributed by atoms with van der Waals surface area (Å²) in [5.74, 6) is 3.22. The molecule has 1 saturated heterocycles. The second kappa shape index (κ2) is 9.74. The first-order valence-corrected chi connectivity index (χ1v) is 9.28. The summed E-state index contributed by atoms with van der Waals surface area (Å²) in [7, 11) is 0. The van der Waals surface area contributed by atoms with E-state index in [2.05, 4.69) is 22.5 Å². The molecule has 0 saturated carbocycles. The van der Waals surface area contributed by atoms with E-state index in [4.69, 9.17) is 0 Å². The summed E-state index contributed by atoms with van der Waals surface area (Å²) in [5.41, 5.74) is 1.15. The molecular weight excluding hydrogens is 294 g/mol. The van der Waals surface area contributed by atoms with Crippen molar-refractivity contribution >= 4 is 17.7 Å². The highest BCUT2D eigenvalue weighted by Gasteiger charge is 2.15. The third-order valence-electron chi connectivity index (χ3n) is 3.62.